The Labute approximate surface area is 165 Å². The Bertz CT molecular complexity index is 900. The summed E-state index contributed by atoms with van der Waals surface area (Å²) >= 11 is 0. The van der Waals surface area contributed by atoms with Crippen molar-refractivity contribution in [1.29, 1.82) is 0 Å². The molecule has 1 aliphatic rings. The van der Waals surface area contributed by atoms with Crippen LogP contribution in [0.1, 0.15) is 18.2 Å². The van der Waals surface area contributed by atoms with Crippen molar-refractivity contribution >= 4 is 22.7 Å². The Morgan fingerprint density at radius 3 is 2.64 bits per heavy atom. The fourth-order valence-electron chi connectivity index (χ4n) is 3.52. The normalized spacial score (nSPS) is 17.3. The van der Waals surface area contributed by atoms with Gasteiger partial charge in [-0.05, 0) is 42.8 Å². The van der Waals surface area contributed by atoms with E-state index in [2.05, 4.69) is 32.7 Å². The van der Waals surface area contributed by atoms with Crippen molar-refractivity contribution in [2.75, 3.05) is 34.4 Å². The second-order valence-corrected chi connectivity index (χ2v) is 7.04. The molecule has 0 aliphatic carbocycles. The van der Waals surface area contributed by atoms with Crippen molar-refractivity contribution in [2.45, 2.75) is 18.7 Å². The zero-order valence-electron chi connectivity index (χ0n) is 15.6. The van der Waals surface area contributed by atoms with Gasteiger partial charge in [-0.3, -0.25) is 4.98 Å². The first-order chi connectivity index (χ1) is 13.7. The highest BCUT2D eigenvalue weighted by Gasteiger charge is 2.22. The molecule has 2 aromatic carbocycles. The number of hydrogen-bond acceptors (Lipinski definition) is 6. The smallest absolute Gasteiger partial charge is 0.150 e. The standard InChI is InChI=1S/C22H25N5O/c23-20-5-1-2-6-21(20)26-22(28)16-7-9-19(10-8-16)27-13-11-18(15-27)25-17-4-3-12-24-14-17/h1-10,12,14,18,22,25-26,28H,11,13,15,23H2/t18-,22?/m1/s1. The summed E-state index contributed by atoms with van der Waals surface area (Å²) in [5.41, 5.74) is 10.3. The molecule has 0 radical (unpaired) electrons. The van der Waals surface area contributed by atoms with Gasteiger partial charge in [0, 0.05) is 42.8 Å². The van der Waals surface area contributed by atoms with Crippen molar-refractivity contribution < 1.29 is 5.11 Å². The minimum atomic E-state index is -0.808. The quantitative estimate of drug-likeness (QED) is 0.390. The van der Waals surface area contributed by atoms with Crippen molar-refractivity contribution in [3.63, 3.8) is 0 Å². The zero-order valence-corrected chi connectivity index (χ0v) is 15.6. The van der Waals surface area contributed by atoms with E-state index in [1.54, 1.807) is 6.20 Å². The molecule has 1 aliphatic heterocycles. The van der Waals surface area contributed by atoms with Crippen LogP contribution in [0.3, 0.4) is 0 Å². The summed E-state index contributed by atoms with van der Waals surface area (Å²) in [6.07, 6.45) is 3.90. The molecule has 0 amide bonds. The second-order valence-electron chi connectivity index (χ2n) is 7.04. The van der Waals surface area contributed by atoms with Crippen LogP contribution in [0.25, 0.3) is 0 Å². The van der Waals surface area contributed by atoms with E-state index in [0.717, 1.165) is 42.1 Å². The maximum absolute atomic E-state index is 10.5. The van der Waals surface area contributed by atoms with E-state index in [0.29, 0.717) is 11.7 Å². The van der Waals surface area contributed by atoms with Gasteiger partial charge in [0.2, 0.25) is 0 Å². The first-order valence-corrected chi connectivity index (χ1v) is 9.49. The van der Waals surface area contributed by atoms with E-state index in [1.807, 2.05) is 54.7 Å². The lowest BCUT2D eigenvalue weighted by molar-refractivity contribution is 0.208. The number of nitrogens with two attached hydrogens (primary N) is 1. The third kappa shape index (κ3) is 4.18. The van der Waals surface area contributed by atoms with Gasteiger partial charge in [-0.15, -0.1) is 0 Å². The van der Waals surface area contributed by atoms with Crippen molar-refractivity contribution in [2.24, 2.45) is 0 Å². The number of aliphatic hydroxyl groups excluding tert-OH is 1. The van der Waals surface area contributed by atoms with E-state index in [4.69, 9.17) is 5.73 Å². The first kappa shape index (κ1) is 18.1. The molecular formula is C22H25N5O. The van der Waals surface area contributed by atoms with Gasteiger partial charge >= 0.3 is 0 Å². The van der Waals surface area contributed by atoms with Crippen LogP contribution < -0.4 is 21.3 Å². The monoisotopic (exact) mass is 375 g/mol. The summed E-state index contributed by atoms with van der Waals surface area (Å²) in [7, 11) is 0. The number of rotatable bonds is 6. The molecule has 2 atom stereocenters. The van der Waals surface area contributed by atoms with E-state index in [-0.39, 0.29) is 0 Å². The largest absolute Gasteiger partial charge is 0.397 e. The predicted molar refractivity (Wildman–Crippen MR) is 114 cm³/mol. The molecule has 5 N–H and O–H groups in total. The van der Waals surface area contributed by atoms with Crippen LogP contribution in [0.4, 0.5) is 22.7 Å². The number of benzene rings is 2. The molecule has 28 heavy (non-hydrogen) atoms. The van der Waals surface area contributed by atoms with Crippen LogP contribution in [0.2, 0.25) is 0 Å². The average Bonchev–Trinajstić information content (AvgIpc) is 3.19. The van der Waals surface area contributed by atoms with Crippen LogP contribution in [0, 0.1) is 0 Å². The lowest BCUT2D eigenvalue weighted by Gasteiger charge is -2.21. The number of nitrogens with one attached hydrogen (secondary N) is 2. The highest BCUT2D eigenvalue weighted by atomic mass is 16.3. The summed E-state index contributed by atoms with van der Waals surface area (Å²) in [6.45, 7) is 1.94. The number of pyridine rings is 1. The Morgan fingerprint density at radius 1 is 1.07 bits per heavy atom. The molecule has 2 heterocycles. The average molecular weight is 375 g/mol. The van der Waals surface area contributed by atoms with Crippen LogP contribution in [-0.2, 0) is 0 Å². The summed E-state index contributed by atoms with van der Waals surface area (Å²) in [5, 5.41) is 17.1. The van der Waals surface area contributed by atoms with E-state index >= 15 is 0 Å². The van der Waals surface area contributed by atoms with Crippen LogP contribution >= 0.6 is 0 Å². The number of nitrogen functional groups attached to an aromatic ring is 1. The number of hydrogen-bond donors (Lipinski definition) is 4. The molecule has 0 bridgehead atoms. The van der Waals surface area contributed by atoms with Gasteiger partial charge in [0.1, 0.15) is 0 Å². The molecule has 1 unspecified atom stereocenters. The molecule has 1 aromatic heterocycles. The van der Waals surface area contributed by atoms with Crippen LogP contribution in [0.15, 0.2) is 73.1 Å². The Morgan fingerprint density at radius 2 is 1.89 bits per heavy atom. The highest BCUT2D eigenvalue weighted by Crippen LogP contribution is 2.26. The van der Waals surface area contributed by atoms with E-state index < -0.39 is 6.23 Å². The maximum Gasteiger partial charge on any atom is 0.150 e. The number of para-hydroxylation sites is 2. The maximum atomic E-state index is 10.5. The molecule has 6 nitrogen and oxygen atoms in total. The third-order valence-electron chi connectivity index (χ3n) is 5.05. The Balaban J connectivity index is 1.36. The topological polar surface area (TPSA) is 86.4 Å². The Hall–Kier alpha value is -3.25. The van der Waals surface area contributed by atoms with Crippen LogP contribution in [-0.4, -0.2) is 29.2 Å². The minimum Gasteiger partial charge on any atom is -0.397 e. The van der Waals surface area contributed by atoms with Crippen molar-refractivity contribution in [1.82, 2.24) is 4.98 Å². The second kappa shape index (κ2) is 8.19. The van der Waals surface area contributed by atoms with Gasteiger partial charge in [0.25, 0.3) is 0 Å². The van der Waals surface area contributed by atoms with E-state index in [9.17, 15) is 5.11 Å². The van der Waals surface area contributed by atoms with Crippen molar-refractivity contribution in [3.05, 3.63) is 78.6 Å². The van der Waals surface area contributed by atoms with Gasteiger partial charge in [0.15, 0.2) is 6.23 Å². The number of anilines is 4. The highest BCUT2D eigenvalue weighted by molar-refractivity contribution is 5.66. The van der Waals surface area contributed by atoms with Gasteiger partial charge in [0.05, 0.1) is 17.1 Å². The molecule has 4 rings (SSSR count). The Kier molecular flexibility index (Phi) is 5.30. The fourth-order valence-corrected chi connectivity index (χ4v) is 3.52. The van der Waals surface area contributed by atoms with Gasteiger partial charge in [-0.1, -0.05) is 24.3 Å². The molecule has 1 saturated heterocycles. The summed E-state index contributed by atoms with van der Waals surface area (Å²) in [4.78, 5) is 6.51. The predicted octanol–water partition coefficient (Wildman–Crippen LogP) is 3.46. The van der Waals surface area contributed by atoms with E-state index in [1.165, 1.54) is 0 Å². The number of aliphatic hydroxyl groups is 1. The SMILES string of the molecule is Nc1ccccc1NC(O)c1ccc(N2CC[C@@H](Nc3cccnc3)C2)cc1. The first-order valence-electron chi connectivity index (χ1n) is 9.49. The minimum absolute atomic E-state index is 0.400. The summed E-state index contributed by atoms with van der Waals surface area (Å²) < 4.78 is 0. The fraction of sp³-hybridized carbons (Fsp3) is 0.227. The number of nitrogens with zero attached hydrogens (tertiary/aromatic N) is 2. The molecule has 144 valence electrons. The third-order valence-corrected chi connectivity index (χ3v) is 5.05. The summed E-state index contributed by atoms with van der Waals surface area (Å²) in [5.74, 6) is 0. The van der Waals surface area contributed by atoms with Crippen molar-refractivity contribution in [3.8, 4) is 0 Å². The lowest BCUT2D eigenvalue weighted by Crippen LogP contribution is -2.26. The molecule has 3 aromatic rings. The summed E-state index contributed by atoms with van der Waals surface area (Å²) in [6, 6.07) is 19.8. The van der Waals surface area contributed by atoms with Gasteiger partial charge < -0.3 is 26.4 Å². The molecule has 6 heteroatoms. The molecule has 1 fully saturated rings. The number of aromatic nitrogens is 1. The zero-order chi connectivity index (χ0) is 19.3. The van der Waals surface area contributed by atoms with Gasteiger partial charge in [-0.25, -0.2) is 0 Å². The molecular weight excluding hydrogens is 350 g/mol. The van der Waals surface area contributed by atoms with Gasteiger partial charge in [-0.2, -0.15) is 0 Å². The lowest BCUT2D eigenvalue weighted by atomic mass is 10.1. The molecule has 0 saturated carbocycles. The van der Waals surface area contributed by atoms with Crippen LogP contribution in [0.5, 0.6) is 0 Å². The molecule has 0 spiro atoms.